The topological polar surface area (TPSA) is 211 Å². The number of nitrogens with zero attached hydrogens (tertiary/aromatic N) is 4. The summed E-state index contributed by atoms with van der Waals surface area (Å²) in [4.78, 5) is 35.5. The minimum atomic E-state index is -4.03. The van der Waals surface area contributed by atoms with Crippen molar-refractivity contribution in [2.24, 2.45) is 5.41 Å². The summed E-state index contributed by atoms with van der Waals surface area (Å²) < 4.78 is 43.3. The second kappa shape index (κ2) is 16.1. The number of fused-ring (bicyclic) bond motifs is 1. The lowest BCUT2D eigenvalue weighted by atomic mass is 9.96. The smallest absolute Gasteiger partial charge is 0.406 e. The number of alkyl halides is 1. The van der Waals surface area contributed by atoms with Gasteiger partial charge < -0.3 is 30.4 Å². The Kier molecular flexibility index (Phi) is 12.7. The van der Waals surface area contributed by atoms with Crippen molar-refractivity contribution >= 4 is 59.4 Å². The highest BCUT2D eigenvalue weighted by Crippen LogP contribution is 2.48. The van der Waals surface area contributed by atoms with Crippen LogP contribution in [0.15, 0.2) is 36.7 Å². The Hall–Kier alpha value is -3.02. The van der Waals surface area contributed by atoms with Gasteiger partial charge >= 0.3 is 13.8 Å². The van der Waals surface area contributed by atoms with Gasteiger partial charge in [-0.15, -0.1) is 11.6 Å². The number of alkyl carbamates (subject to hydrolysis) is 1. The van der Waals surface area contributed by atoms with Crippen LogP contribution in [0.2, 0.25) is 0 Å². The van der Waals surface area contributed by atoms with Crippen molar-refractivity contribution in [1.29, 1.82) is 0 Å². The van der Waals surface area contributed by atoms with Crippen LogP contribution in [0.25, 0.3) is 11.2 Å². The summed E-state index contributed by atoms with van der Waals surface area (Å²) in [7, 11) is -2.79. The zero-order valence-electron chi connectivity index (χ0n) is 27.3. The molecule has 0 spiro atoms. The number of nitrogens with one attached hydrogen (secondary N) is 2. The zero-order valence-corrected chi connectivity index (χ0v) is 29.7. The quantitative estimate of drug-likeness (QED) is 0.0942. The molecule has 0 saturated carbocycles. The average Bonchev–Trinajstić information content (AvgIpc) is 3.57. The van der Waals surface area contributed by atoms with E-state index in [4.69, 9.17) is 35.9 Å². The molecule has 1 saturated heterocycles. The number of anilines is 1. The Bertz CT molecular complexity index is 1610. The lowest BCUT2D eigenvalue weighted by Gasteiger charge is -2.26. The van der Waals surface area contributed by atoms with Gasteiger partial charge in [0.1, 0.15) is 17.1 Å². The monoisotopic (exact) mass is 729 g/mol. The Morgan fingerprint density at radius 3 is 2.67 bits per heavy atom. The number of aliphatic hydroxyl groups is 1. The molecule has 1 fully saturated rings. The summed E-state index contributed by atoms with van der Waals surface area (Å²) >= 11 is 7.82. The molecule has 1 amide bonds. The number of amides is 1. The molecular weight excluding hydrogens is 689 g/mol. The van der Waals surface area contributed by atoms with Gasteiger partial charge in [-0.25, -0.2) is 19.4 Å². The number of nitrogens with two attached hydrogens (primary N) is 1. The first kappa shape index (κ1) is 37.8. The summed E-state index contributed by atoms with van der Waals surface area (Å²) in [6, 6.07) is 9.20. The highest BCUT2D eigenvalue weighted by molar-refractivity contribution is 8.13. The van der Waals surface area contributed by atoms with Gasteiger partial charge in [-0.1, -0.05) is 55.9 Å². The minimum Gasteiger partial charge on any atom is -0.476 e. The number of carbonyl (C=O) groups is 2. The summed E-state index contributed by atoms with van der Waals surface area (Å²) in [6.45, 7) is 6.80. The maximum absolute atomic E-state index is 13.9. The number of thioether (sulfide) groups is 1. The summed E-state index contributed by atoms with van der Waals surface area (Å²) in [5, 5.41) is 16.4. The predicted octanol–water partition coefficient (Wildman–Crippen LogP) is 3.64. The van der Waals surface area contributed by atoms with Crippen LogP contribution in [0.3, 0.4) is 0 Å². The predicted molar refractivity (Wildman–Crippen MR) is 180 cm³/mol. The lowest BCUT2D eigenvalue weighted by molar-refractivity contribution is -0.117. The third-order valence-electron chi connectivity index (χ3n) is 7.38. The Balaban J connectivity index is 1.44. The highest BCUT2D eigenvalue weighted by atomic mass is 35.5. The molecule has 1 aliphatic heterocycles. The van der Waals surface area contributed by atoms with Crippen LogP contribution in [-0.4, -0.2) is 92.1 Å². The largest absolute Gasteiger partial charge is 0.476 e. The van der Waals surface area contributed by atoms with Crippen LogP contribution in [0.4, 0.5) is 10.7 Å². The number of aromatic nitrogens is 4. The number of methoxy groups -OCH3 is 1. The van der Waals surface area contributed by atoms with E-state index in [1.807, 2.05) is 30.3 Å². The van der Waals surface area contributed by atoms with Crippen molar-refractivity contribution in [3.8, 4) is 5.88 Å². The molecule has 0 radical (unpaired) electrons. The second-order valence-corrected chi connectivity index (χ2v) is 15.3. The number of halogens is 1. The molecule has 5 N–H and O–H groups in total. The molecule has 0 bridgehead atoms. The third-order valence-corrected chi connectivity index (χ3v) is 10.5. The van der Waals surface area contributed by atoms with E-state index < -0.39 is 42.6 Å². The molecule has 5 atom stereocenters. The summed E-state index contributed by atoms with van der Waals surface area (Å²) in [5.74, 6) is 0.289. The van der Waals surface area contributed by atoms with Gasteiger partial charge in [-0.3, -0.25) is 18.4 Å². The molecule has 1 aromatic carbocycles. The number of ether oxygens (including phenoxy) is 3. The number of benzene rings is 1. The van der Waals surface area contributed by atoms with Gasteiger partial charge in [0.2, 0.25) is 11.8 Å². The van der Waals surface area contributed by atoms with Crippen molar-refractivity contribution in [2.75, 3.05) is 45.0 Å². The van der Waals surface area contributed by atoms with Crippen molar-refractivity contribution in [3.05, 3.63) is 42.2 Å². The molecule has 1 unspecified atom stereocenters. The van der Waals surface area contributed by atoms with Gasteiger partial charge in [0.05, 0.1) is 38.7 Å². The first-order valence-corrected chi connectivity index (χ1v) is 17.9. The van der Waals surface area contributed by atoms with Crippen LogP contribution in [-0.2, 0) is 34.4 Å². The zero-order chi connectivity index (χ0) is 35.1. The first-order valence-electron chi connectivity index (χ1n) is 15.0. The van der Waals surface area contributed by atoms with Crippen molar-refractivity contribution in [2.45, 2.75) is 57.5 Å². The summed E-state index contributed by atoms with van der Waals surface area (Å²) in [6.07, 6.45) is -2.53. The van der Waals surface area contributed by atoms with Crippen LogP contribution in [0.5, 0.6) is 5.88 Å². The fourth-order valence-corrected chi connectivity index (χ4v) is 7.22. The third kappa shape index (κ3) is 9.15. The Morgan fingerprint density at radius 2 is 1.98 bits per heavy atom. The number of nitrogen functional groups attached to an aromatic ring is 1. The van der Waals surface area contributed by atoms with E-state index in [-0.39, 0.29) is 54.6 Å². The lowest BCUT2D eigenvalue weighted by Crippen LogP contribution is -2.40. The standard InChI is InChI=1S/C29H41ClN7O9PS/c1-6-43-23-20-22(35-26(31)36-23)37(17-33-20)24-29(4,30)21(38)19(46-24)15-45-47(41,34-14-18-10-8-7-9-11-18)44-12-13-48-25(39)28(2,3)16-32-27(40)42-5/h7-11,17,19,21,24,38H,6,12-16H2,1-5H3,(H,32,40)(H,34,41)(H2,31,35,36)/t19-,21-,24-,29-,47?/m1/s1. The van der Waals surface area contributed by atoms with Gasteiger partial charge in [0.15, 0.2) is 22.5 Å². The number of carbonyl (C=O) groups excluding carboxylic acids is 2. The molecule has 264 valence electrons. The first-order chi connectivity index (χ1) is 22.7. The van der Waals surface area contributed by atoms with E-state index in [0.29, 0.717) is 12.1 Å². The molecular formula is C29H41ClN7O9PS. The Morgan fingerprint density at radius 1 is 1.25 bits per heavy atom. The molecule has 4 rings (SSSR count). The average molecular weight is 730 g/mol. The number of rotatable bonds is 16. The molecule has 48 heavy (non-hydrogen) atoms. The van der Waals surface area contributed by atoms with Crippen molar-refractivity contribution in [1.82, 2.24) is 29.9 Å². The van der Waals surface area contributed by atoms with Crippen molar-refractivity contribution < 1.29 is 42.5 Å². The van der Waals surface area contributed by atoms with E-state index in [1.165, 1.54) is 18.0 Å². The number of imidazole rings is 1. The van der Waals surface area contributed by atoms with Gasteiger partial charge in [0.25, 0.3) is 0 Å². The van der Waals surface area contributed by atoms with E-state index in [1.54, 1.807) is 27.7 Å². The number of hydrogen-bond donors (Lipinski definition) is 4. The van der Waals surface area contributed by atoms with E-state index in [0.717, 1.165) is 17.3 Å². The van der Waals surface area contributed by atoms with E-state index >= 15 is 0 Å². The molecule has 3 aromatic rings. The van der Waals surface area contributed by atoms with Crippen LogP contribution in [0, 0.1) is 5.41 Å². The Labute approximate surface area is 287 Å². The normalized spacial score (nSPS) is 22.4. The molecule has 3 heterocycles. The van der Waals surface area contributed by atoms with Gasteiger partial charge in [0, 0.05) is 18.8 Å². The van der Waals surface area contributed by atoms with Crippen LogP contribution in [0.1, 0.15) is 39.5 Å². The van der Waals surface area contributed by atoms with Crippen LogP contribution < -0.4 is 20.9 Å². The summed E-state index contributed by atoms with van der Waals surface area (Å²) in [5.41, 5.74) is 6.45. The molecule has 16 nitrogen and oxygen atoms in total. The second-order valence-electron chi connectivity index (χ2n) is 11.6. The SMILES string of the molecule is CCOc1nc(N)nc2c1ncn2[C@@H]1O[C@H](COP(=O)(NCc2ccccc2)OCCSC(=O)C(C)(C)CNC(=O)OC)[C@@H](O)[C@@]1(C)Cl. The maximum atomic E-state index is 13.9. The molecule has 19 heteroatoms. The van der Waals surface area contributed by atoms with Crippen LogP contribution >= 0.6 is 31.1 Å². The molecule has 2 aromatic heterocycles. The molecule has 1 aliphatic rings. The van der Waals surface area contributed by atoms with Gasteiger partial charge in [-0.2, -0.15) is 9.97 Å². The highest BCUT2D eigenvalue weighted by Gasteiger charge is 2.54. The fraction of sp³-hybridized carbons (Fsp3) is 0.552. The fourth-order valence-electron chi connectivity index (χ4n) is 4.67. The van der Waals surface area contributed by atoms with E-state index in [2.05, 4.69) is 30.1 Å². The number of aliphatic hydroxyl groups excluding tert-OH is 1. The van der Waals surface area contributed by atoms with Gasteiger partial charge in [-0.05, 0) is 19.4 Å². The molecule has 0 aliphatic carbocycles. The minimum absolute atomic E-state index is 0.0498. The van der Waals surface area contributed by atoms with E-state index in [9.17, 15) is 19.3 Å². The number of hydrogen-bond acceptors (Lipinski definition) is 14. The van der Waals surface area contributed by atoms with Crippen molar-refractivity contribution in [3.63, 3.8) is 0 Å². The maximum Gasteiger partial charge on any atom is 0.406 e.